The van der Waals surface area contributed by atoms with Gasteiger partial charge in [0.25, 0.3) is 0 Å². The number of rotatable bonds is 8. The molecule has 0 aromatic heterocycles. The van der Waals surface area contributed by atoms with E-state index in [1.54, 1.807) is 0 Å². The molecule has 0 bridgehead atoms. The maximum Gasteiger partial charge on any atom is 0.573 e. The van der Waals surface area contributed by atoms with Crippen LogP contribution >= 0.6 is 0 Å². The van der Waals surface area contributed by atoms with Crippen LogP contribution in [0.5, 0.6) is 5.75 Å². The first-order valence-corrected chi connectivity index (χ1v) is 12.2. The fourth-order valence-corrected chi connectivity index (χ4v) is 4.74. The zero-order valence-electron chi connectivity index (χ0n) is 16.0. The second-order valence-corrected chi connectivity index (χ2v) is 10.4. The number of nitrogens with zero attached hydrogens (tertiary/aromatic N) is 1. The van der Waals surface area contributed by atoms with Gasteiger partial charge in [0.1, 0.15) is 5.75 Å². The van der Waals surface area contributed by atoms with E-state index in [2.05, 4.69) is 14.8 Å². The Kier molecular flexibility index (Phi) is 7.71. The first-order valence-electron chi connectivity index (χ1n) is 8.86. The number of sulfonamides is 2. The number of carbonyl (C=O) groups is 1. The van der Waals surface area contributed by atoms with E-state index in [-0.39, 0.29) is 23.9 Å². The van der Waals surface area contributed by atoms with Crippen molar-refractivity contribution in [3.05, 3.63) is 24.3 Å². The number of amides is 1. The van der Waals surface area contributed by atoms with Crippen molar-refractivity contribution >= 4 is 26.0 Å². The number of piperidine rings is 1. The molecule has 9 nitrogen and oxygen atoms in total. The van der Waals surface area contributed by atoms with Crippen molar-refractivity contribution in [2.45, 2.75) is 36.6 Å². The summed E-state index contributed by atoms with van der Waals surface area (Å²) in [5.41, 5.74) is 0. The second-order valence-electron chi connectivity index (χ2n) is 6.67. The number of alkyl halides is 3. The topological polar surface area (TPSA) is 122 Å². The van der Waals surface area contributed by atoms with Crippen LogP contribution in [0.25, 0.3) is 0 Å². The minimum absolute atomic E-state index is 0.152. The van der Waals surface area contributed by atoms with Crippen LogP contribution in [0.3, 0.4) is 0 Å². The van der Waals surface area contributed by atoms with Gasteiger partial charge in [-0.05, 0) is 37.1 Å². The van der Waals surface area contributed by atoms with Crippen molar-refractivity contribution in [1.29, 1.82) is 0 Å². The Balaban J connectivity index is 1.78. The van der Waals surface area contributed by atoms with E-state index in [1.807, 2.05) is 0 Å². The molecule has 1 aromatic rings. The van der Waals surface area contributed by atoms with Gasteiger partial charge < -0.3 is 10.1 Å². The number of halogens is 3. The van der Waals surface area contributed by atoms with Crippen molar-refractivity contribution in [3.63, 3.8) is 0 Å². The molecule has 1 saturated heterocycles. The summed E-state index contributed by atoms with van der Waals surface area (Å²) in [5.74, 6) is -0.952. The van der Waals surface area contributed by atoms with Gasteiger partial charge in [-0.1, -0.05) is 0 Å². The zero-order chi connectivity index (χ0) is 22.6. The van der Waals surface area contributed by atoms with Crippen LogP contribution in [0.1, 0.15) is 19.3 Å². The Hall–Kier alpha value is -1.90. The fourth-order valence-electron chi connectivity index (χ4n) is 2.83. The molecule has 14 heteroatoms. The fraction of sp³-hybridized carbons (Fsp3) is 0.562. The molecule has 1 aromatic carbocycles. The highest BCUT2D eigenvalue weighted by molar-refractivity contribution is 7.89. The van der Waals surface area contributed by atoms with Gasteiger partial charge in [0, 0.05) is 32.1 Å². The molecule has 1 aliphatic heterocycles. The Bertz CT molecular complexity index is 941. The Morgan fingerprint density at radius 1 is 1.13 bits per heavy atom. The average molecular weight is 473 g/mol. The van der Waals surface area contributed by atoms with E-state index in [0.717, 1.165) is 30.5 Å². The quantitative estimate of drug-likeness (QED) is 0.576. The molecule has 0 spiro atoms. The average Bonchev–Trinajstić information content (AvgIpc) is 2.60. The molecule has 1 fully saturated rings. The lowest BCUT2D eigenvalue weighted by molar-refractivity contribution is -0.274. The standard InChI is InChI=1S/C16H22F3N3O6S2/c1-29(24,25)22-10-7-12(8-11-22)21-15(23)6-9-20-30(26,27)14-4-2-13(3-5-14)28-16(17,18)19/h2-5,12,20H,6-11H2,1H3,(H,21,23). The first-order chi connectivity index (χ1) is 13.8. The van der Waals surface area contributed by atoms with Gasteiger partial charge in [-0.25, -0.2) is 25.9 Å². The molecule has 30 heavy (non-hydrogen) atoms. The third kappa shape index (κ3) is 7.74. The van der Waals surface area contributed by atoms with E-state index in [1.165, 1.54) is 4.31 Å². The predicted molar refractivity (Wildman–Crippen MR) is 101 cm³/mol. The molecule has 1 amide bonds. The SMILES string of the molecule is CS(=O)(=O)N1CCC(NC(=O)CCNS(=O)(=O)c2ccc(OC(F)(F)F)cc2)CC1. The number of ether oxygens (including phenoxy) is 1. The highest BCUT2D eigenvalue weighted by Crippen LogP contribution is 2.23. The van der Waals surface area contributed by atoms with Gasteiger partial charge >= 0.3 is 6.36 Å². The minimum atomic E-state index is -4.88. The van der Waals surface area contributed by atoms with E-state index >= 15 is 0 Å². The molecule has 0 aliphatic carbocycles. The summed E-state index contributed by atoms with van der Waals surface area (Å²) in [4.78, 5) is 11.7. The molecule has 0 saturated carbocycles. The monoisotopic (exact) mass is 473 g/mol. The smallest absolute Gasteiger partial charge is 0.406 e. The van der Waals surface area contributed by atoms with Gasteiger partial charge in [-0.3, -0.25) is 4.79 Å². The van der Waals surface area contributed by atoms with Crippen molar-refractivity contribution in [3.8, 4) is 5.75 Å². The predicted octanol–water partition coefficient (Wildman–Crippen LogP) is 0.794. The number of benzene rings is 1. The van der Waals surface area contributed by atoms with Crippen LogP contribution in [-0.4, -0.2) is 65.3 Å². The number of hydrogen-bond acceptors (Lipinski definition) is 6. The number of nitrogens with one attached hydrogen (secondary N) is 2. The largest absolute Gasteiger partial charge is 0.573 e. The van der Waals surface area contributed by atoms with Crippen molar-refractivity contribution in [1.82, 2.24) is 14.3 Å². The lowest BCUT2D eigenvalue weighted by Crippen LogP contribution is -2.46. The highest BCUT2D eigenvalue weighted by Gasteiger charge is 2.31. The number of hydrogen-bond donors (Lipinski definition) is 2. The summed E-state index contributed by atoms with van der Waals surface area (Å²) in [7, 11) is -7.28. The molecular weight excluding hydrogens is 451 g/mol. The third-order valence-corrected chi connectivity index (χ3v) is 7.08. The van der Waals surface area contributed by atoms with Crippen LogP contribution in [0.2, 0.25) is 0 Å². The van der Waals surface area contributed by atoms with Crippen molar-refractivity contribution < 1.29 is 39.5 Å². The van der Waals surface area contributed by atoms with Crippen LogP contribution in [0.15, 0.2) is 29.2 Å². The van der Waals surface area contributed by atoms with Crippen LogP contribution < -0.4 is 14.8 Å². The molecule has 1 aliphatic rings. The van der Waals surface area contributed by atoms with E-state index in [4.69, 9.17) is 0 Å². The Morgan fingerprint density at radius 2 is 1.70 bits per heavy atom. The van der Waals surface area contributed by atoms with Gasteiger partial charge in [-0.2, -0.15) is 0 Å². The summed E-state index contributed by atoms with van der Waals surface area (Å²) in [6.07, 6.45) is -3.00. The molecule has 0 unspecified atom stereocenters. The maximum absolute atomic E-state index is 12.2. The van der Waals surface area contributed by atoms with Gasteiger partial charge in [0.2, 0.25) is 26.0 Å². The summed E-state index contributed by atoms with van der Waals surface area (Å²) in [6, 6.07) is 3.46. The minimum Gasteiger partial charge on any atom is -0.406 e. The van der Waals surface area contributed by atoms with Gasteiger partial charge in [0.05, 0.1) is 11.2 Å². The summed E-state index contributed by atoms with van der Waals surface area (Å²) in [5, 5.41) is 2.73. The maximum atomic E-state index is 12.2. The molecule has 170 valence electrons. The molecule has 0 atom stereocenters. The highest BCUT2D eigenvalue weighted by atomic mass is 32.2. The lowest BCUT2D eigenvalue weighted by atomic mass is 10.1. The van der Waals surface area contributed by atoms with Crippen LogP contribution in [-0.2, 0) is 24.8 Å². The lowest BCUT2D eigenvalue weighted by Gasteiger charge is -2.30. The summed E-state index contributed by atoms with van der Waals surface area (Å²) >= 11 is 0. The second kappa shape index (κ2) is 9.49. The zero-order valence-corrected chi connectivity index (χ0v) is 17.6. The molecule has 0 radical (unpaired) electrons. The molecular formula is C16H22F3N3O6S2. The van der Waals surface area contributed by atoms with Crippen LogP contribution in [0.4, 0.5) is 13.2 Å². The van der Waals surface area contributed by atoms with E-state index < -0.39 is 38.1 Å². The van der Waals surface area contributed by atoms with Crippen LogP contribution in [0, 0.1) is 0 Å². The van der Waals surface area contributed by atoms with Crippen molar-refractivity contribution in [2.24, 2.45) is 0 Å². The van der Waals surface area contributed by atoms with E-state index in [9.17, 15) is 34.8 Å². The van der Waals surface area contributed by atoms with E-state index in [0.29, 0.717) is 25.9 Å². The first kappa shape index (κ1) is 24.4. The molecule has 1 heterocycles. The summed E-state index contributed by atoms with van der Waals surface area (Å²) in [6.45, 7) is 0.381. The third-order valence-electron chi connectivity index (χ3n) is 4.30. The van der Waals surface area contributed by atoms with Gasteiger partial charge in [-0.15, -0.1) is 13.2 Å². The molecule has 2 N–H and O–H groups in total. The van der Waals surface area contributed by atoms with Gasteiger partial charge in [0.15, 0.2) is 0 Å². The number of carbonyl (C=O) groups excluding carboxylic acids is 1. The normalized spacial score (nSPS) is 16.9. The van der Waals surface area contributed by atoms with Crippen molar-refractivity contribution in [2.75, 3.05) is 25.9 Å². The summed E-state index contributed by atoms with van der Waals surface area (Å²) < 4.78 is 90.9. The Labute approximate surface area is 172 Å². The Morgan fingerprint density at radius 3 is 2.20 bits per heavy atom. The molecule has 2 rings (SSSR count).